The molecule has 1 aromatic rings. The molecule has 1 aliphatic heterocycles. The van der Waals surface area contributed by atoms with Crippen LogP contribution in [0, 0.1) is 0 Å². The molecule has 0 aromatic carbocycles. The summed E-state index contributed by atoms with van der Waals surface area (Å²) in [5.41, 5.74) is -0.0307. The van der Waals surface area contributed by atoms with Crippen molar-refractivity contribution in [2.24, 2.45) is 0 Å². The van der Waals surface area contributed by atoms with Crippen molar-refractivity contribution in [2.75, 3.05) is 20.1 Å². The van der Waals surface area contributed by atoms with Crippen molar-refractivity contribution >= 4 is 11.6 Å². The first-order chi connectivity index (χ1) is 7.10. The number of halogens is 1. The van der Waals surface area contributed by atoms with Gasteiger partial charge in [-0.25, -0.2) is 0 Å². The lowest BCUT2D eigenvalue weighted by molar-refractivity contribution is -0.0238. The van der Waals surface area contributed by atoms with Gasteiger partial charge in [0.2, 0.25) is 0 Å². The Hall–Kier alpha value is -0.640. The van der Waals surface area contributed by atoms with Crippen molar-refractivity contribution in [3.63, 3.8) is 0 Å². The van der Waals surface area contributed by atoms with Gasteiger partial charge in [-0.2, -0.15) is 0 Å². The molecule has 1 aromatic heterocycles. The van der Waals surface area contributed by atoms with Gasteiger partial charge in [-0.1, -0.05) is 11.6 Å². The van der Waals surface area contributed by atoms with E-state index < -0.39 is 5.60 Å². The first-order valence-corrected chi connectivity index (χ1v) is 5.51. The maximum absolute atomic E-state index is 10.4. The number of piperidine rings is 1. The zero-order valence-corrected chi connectivity index (χ0v) is 9.54. The third-order valence-corrected chi connectivity index (χ3v) is 3.24. The highest BCUT2D eigenvalue weighted by Crippen LogP contribution is 2.31. The molecule has 2 rings (SSSR count). The minimum absolute atomic E-state index is 0.607. The summed E-state index contributed by atoms with van der Waals surface area (Å²) in [6.45, 7) is 1.81. The van der Waals surface area contributed by atoms with Crippen LogP contribution in [0.3, 0.4) is 0 Å². The zero-order chi connectivity index (χ0) is 10.9. The molecule has 0 spiro atoms. The van der Waals surface area contributed by atoms with Crippen molar-refractivity contribution in [1.82, 2.24) is 9.88 Å². The van der Waals surface area contributed by atoms with Crippen molar-refractivity contribution in [3.05, 3.63) is 29.0 Å². The van der Waals surface area contributed by atoms with Gasteiger partial charge < -0.3 is 10.0 Å². The van der Waals surface area contributed by atoms with Gasteiger partial charge >= 0.3 is 0 Å². The highest BCUT2D eigenvalue weighted by Gasteiger charge is 2.33. The average molecular weight is 227 g/mol. The molecular weight excluding hydrogens is 212 g/mol. The Morgan fingerprint density at radius 1 is 1.40 bits per heavy atom. The van der Waals surface area contributed by atoms with Crippen LogP contribution in [0.1, 0.15) is 18.5 Å². The third-order valence-electron chi connectivity index (χ3n) is 3.02. The molecule has 15 heavy (non-hydrogen) atoms. The summed E-state index contributed by atoms with van der Waals surface area (Å²) >= 11 is 5.77. The van der Waals surface area contributed by atoms with Gasteiger partial charge in [-0.3, -0.25) is 4.98 Å². The van der Waals surface area contributed by atoms with Crippen LogP contribution in [0.25, 0.3) is 0 Å². The summed E-state index contributed by atoms with van der Waals surface area (Å²) in [7, 11) is 2.06. The molecular formula is C11H15ClN2O. The fourth-order valence-corrected chi connectivity index (χ4v) is 2.01. The lowest BCUT2D eigenvalue weighted by Gasteiger charge is -2.36. The largest absolute Gasteiger partial charge is 0.383 e. The van der Waals surface area contributed by atoms with E-state index in [2.05, 4.69) is 16.9 Å². The lowest BCUT2D eigenvalue weighted by Crippen LogP contribution is -2.41. The first kappa shape index (κ1) is 10.9. The molecule has 1 fully saturated rings. The van der Waals surface area contributed by atoms with Gasteiger partial charge in [0.05, 0.1) is 10.7 Å². The standard InChI is InChI=1S/C11H15ClN2O/c1-14-6-4-11(15,5-7-14)10-3-2-9(12)8-13-10/h2-3,8,15H,4-7H2,1H3. The van der Waals surface area contributed by atoms with Crippen molar-refractivity contribution in [2.45, 2.75) is 18.4 Å². The molecule has 2 heterocycles. The number of rotatable bonds is 1. The molecule has 82 valence electrons. The second-order valence-electron chi connectivity index (χ2n) is 4.20. The van der Waals surface area contributed by atoms with E-state index in [1.54, 1.807) is 12.3 Å². The Morgan fingerprint density at radius 3 is 2.60 bits per heavy atom. The highest BCUT2D eigenvalue weighted by atomic mass is 35.5. The summed E-state index contributed by atoms with van der Waals surface area (Å²) in [4.78, 5) is 6.41. The molecule has 1 aliphatic rings. The third kappa shape index (κ3) is 2.30. The Bertz CT molecular complexity index is 331. The van der Waals surface area contributed by atoms with E-state index in [-0.39, 0.29) is 0 Å². The van der Waals surface area contributed by atoms with Gasteiger partial charge in [0.15, 0.2) is 0 Å². The minimum atomic E-state index is -0.767. The number of pyridine rings is 1. The summed E-state index contributed by atoms with van der Waals surface area (Å²) in [6.07, 6.45) is 3.06. The topological polar surface area (TPSA) is 36.4 Å². The summed E-state index contributed by atoms with van der Waals surface area (Å²) < 4.78 is 0. The molecule has 1 saturated heterocycles. The van der Waals surface area contributed by atoms with E-state index >= 15 is 0 Å². The molecule has 4 heteroatoms. The van der Waals surface area contributed by atoms with Gasteiger partial charge in [-0.15, -0.1) is 0 Å². The van der Waals surface area contributed by atoms with E-state index in [0.717, 1.165) is 31.6 Å². The fourth-order valence-electron chi connectivity index (χ4n) is 1.90. The van der Waals surface area contributed by atoms with Crippen LogP contribution >= 0.6 is 11.6 Å². The Kier molecular flexibility index (Phi) is 2.96. The number of aliphatic hydroxyl groups is 1. The van der Waals surface area contributed by atoms with E-state index in [0.29, 0.717) is 5.02 Å². The smallest absolute Gasteiger partial charge is 0.109 e. The van der Waals surface area contributed by atoms with Crippen molar-refractivity contribution in [1.29, 1.82) is 0 Å². The molecule has 0 atom stereocenters. The Balaban J connectivity index is 2.18. The summed E-state index contributed by atoms with van der Waals surface area (Å²) in [5, 5.41) is 11.0. The first-order valence-electron chi connectivity index (χ1n) is 5.13. The Morgan fingerprint density at radius 2 is 2.07 bits per heavy atom. The number of hydrogen-bond donors (Lipinski definition) is 1. The van der Waals surface area contributed by atoms with Crippen LogP contribution in [0.15, 0.2) is 18.3 Å². The van der Waals surface area contributed by atoms with Gasteiger partial charge in [0.25, 0.3) is 0 Å². The average Bonchev–Trinajstić information content (AvgIpc) is 2.24. The van der Waals surface area contributed by atoms with Crippen LogP contribution in [0.2, 0.25) is 5.02 Å². The van der Waals surface area contributed by atoms with Crippen LogP contribution in [-0.4, -0.2) is 35.1 Å². The number of aromatic nitrogens is 1. The maximum Gasteiger partial charge on any atom is 0.109 e. The second-order valence-corrected chi connectivity index (χ2v) is 4.63. The van der Waals surface area contributed by atoms with Crippen LogP contribution < -0.4 is 0 Å². The van der Waals surface area contributed by atoms with E-state index in [4.69, 9.17) is 11.6 Å². The molecule has 0 unspecified atom stereocenters. The summed E-state index contributed by atoms with van der Waals surface area (Å²) in [6, 6.07) is 3.59. The molecule has 0 bridgehead atoms. The molecule has 0 amide bonds. The highest BCUT2D eigenvalue weighted by molar-refractivity contribution is 6.30. The number of likely N-dealkylation sites (tertiary alicyclic amines) is 1. The van der Waals surface area contributed by atoms with Crippen molar-refractivity contribution in [3.8, 4) is 0 Å². The van der Waals surface area contributed by atoms with Crippen molar-refractivity contribution < 1.29 is 5.11 Å². The molecule has 0 radical (unpaired) electrons. The zero-order valence-electron chi connectivity index (χ0n) is 8.78. The number of hydrogen-bond acceptors (Lipinski definition) is 3. The summed E-state index contributed by atoms with van der Waals surface area (Å²) in [5.74, 6) is 0. The van der Waals surface area contributed by atoms with E-state index in [1.807, 2.05) is 6.07 Å². The quantitative estimate of drug-likeness (QED) is 0.791. The number of nitrogens with zero attached hydrogens (tertiary/aromatic N) is 2. The molecule has 3 nitrogen and oxygen atoms in total. The molecule has 0 saturated carbocycles. The SMILES string of the molecule is CN1CCC(O)(c2ccc(Cl)cn2)CC1. The van der Waals surface area contributed by atoms with Gasteiger partial charge in [0, 0.05) is 19.3 Å². The monoisotopic (exact) mass is 226 g/mol. The van der Waals surface area contributed by atoms with Gasteiger partial charge in [-0.05, 0) is 32.0 Å². The van der Waals surface area contributed by atoms with Crippen LogP contribution in [0.4, 0.5) is 0 Å². The van der Waals surface area contributed by atoms with Gasteiger partial charge in [0.1, 0.15) is 5.60 Å². The maximum atomic E-state index is 10.4. The van der Waals surface area contributed by atoms with E-state index in [9.17, 15) is 5.11 Å². The van der Waals surface area contributed by atoms with Crippen LogP contribution in [0.5, 0.6) is 0 Å². The second kappa shape index (κ2) is 4.08. The predicted octanol–water partition coefficient (Wildman–Crippen LogP) is 1.65. The fraction of sp³-hybridized carbons (Fsp3) is 0.545. The Labute approximate surface area is 94.7 Å². The minimum Gasteiger partial charge on any atom is -0.383 e. The normalized spacial score (nSPS) is 21.5. The van der Waals surface area contributed by atoms with Crippen LogP contribution in [-0.2, 0) is 5.60 Å². The van der Waals surface area contributed by atoms with E-state index in [1.165, 1.54) is 0 Å². The lowest BCUT2D eigenvalue weighted by atomic mass is 9.88. The predicted molar refractivity (Wildman–Crippen MR) is 59.9 cm³/mol. The molecule has 0 aliphatic carbocycles. The molecule has 1 N–H and O–H groups in total.